The highest BCUT2D eigenvalue weighted by Gasteiger charge is 2.26. The van der Waals surface area contributed by atoms with Gasteiger partial charge >= 0.3 is 5.97 Å². The van der Waals surface area contributed by atoms with Crippen molar-refractivity contribution in [2.75, 3.05) is 26.5 Å². The summed E-state index contributed by atoms with van der Waals surface area (Å²) in [6, 6.07) is 1.55. The predicted octanol–water partition coefficient (Wildman–Crippen LogP) is 0.831. The Morgan fingerprint density at radius 1 is 1.37 bits per heavy atom. The number of carbonyl (C=O) groups excluding carboxylic acids is 2. The minimum absolute atomic E-state index is 0.0971. The number of hydrogen-bond donors (Lipinski definition) is 0. The van der Waals surface area contributed by atoms with Crippen LogP contribution in [0.3, 0.4) is 0 Å². The highest BCUT2D eigenvalue weighted by atomic mass is 32.2. The van der Waals surface area contributed by atoms with Crippen LogP contribution >= 0.6 is 0 Å². The zero-order chi connectivity index (χ0) is 19.8. The largest absolute Gasteiger partial charge is 0.465 e. The third-order valence-corrected chi connectivity index (χ3v) is 5.35. The van der Waals surface area contributed by atoms with Crippen LogP contribution in [-0.4, -0.2) is 62.4 Å². The summed E-state index contributed by atoms with van der Waals surface area (Å²) in [4.78, 5) is 27.4. The number of amidine groups is 1. The number of fused-ring (bicyclic) bond motifs is 1. The number of furan rings is 1. The first-order valence-electron chi connectivity index (χ1n) is 8.12. The molecule has 3 heterocycles. The summed E-state index contributed by atoms with van der Waals surface area (Å²) in [6.07, 6.45) is 4.62. The summed E-state index contributed by atoms with van der Waals surface area (Å²) in [7, 11) is -0.544. The van der Waals surface area contributed by atoms with Gasteiger partial charge in [-0.25, -0.2) is 13.2 Å². The number of methoxy groups -OCH3 is 1. The zero-order valence-electron chi connectivity index (χ0n) is 15.1. The number of amides is 1. The third kappa shape index (κ3) is 3.95. The summed E-state index contributed by atoms with van der Waals surface area (Å²) >= 11 is 0. The molecule has 2 aliphatic rings. The van der Waals surface area contributed by atoms with Gasteiger partial charge in [0, 0.05) is 19.8 Å². The molecule has 0 aromatic carbocycles. The van der Waals surface area contributed by atoms with Gasteiger partial charge in [0.05, 0.1) is 25.0 Å². The molecule has 0 saturated heterocycles. The number of aryl methyl sites for hydroxylation is 1. The van der Waals surface area contributed by atoms with Gasteiger partial charge in [-0.2, -0.15) is 0 Å². The van der Waals surface area contributed by atoms with Crippen LogP contribution in [0.2, 0.25) is 0 Å². The van der Waals surface area contributed by atoms with E-state index in [1.807, 2.05) is 0 Å². The average Bonchev–Trinajstić information content (AvgIpc) is 2.99. The van der Waals surface area contributed by atoms with E-state index in [2.05, 4.69) is 9.13 Å². The van der Waals surface area contributed by atoms with Crippen LogP contribution in [-0.2, 0) is 26.1 Å². The molecule has 27 heavy (non-hydrogen) atoms. The molecule has 2 aliphatic heterocycles. The van der Waals surface area contributed by atoms with Crippen LogP contribution in [0.4, 0.5) is 0 Å². The van der Waals surface area contributed by atoms with E-state index in [0.29, 0.717) is 28.5 Å². The predicted molar refractivity (Wildman–Crippen MR) is 96.4 cm³/mol. The molecule has 0 fully saturated rings. The number of sulfonamides is 1. The number of carbonyl (C=O) groups is 2. The van der Waals surface area contributed by atoms with Crippen molar-refractivity contribution in [2.24, 2.45) is 4.40 Å². The van der Waals surface area contributed by atoms with Crippen LogP contribution in [0.15, 0.2) is 38.8 Å². The summed E-state index contributed by atoms with van der Waals surface area (Å²) in [5.41, 5.74) is 0.715. The van der Waals surface area contributed by atoms with E-state index in [-0.39, 0.29) is 24.7 Å². The Morgan fingerprint density at radius 3 is 2.81 bits per heavy atom. The Morgan fingerprint density at radius 2 is 2.11 bits per heavy atom. The van der Waals surface area contributed by atoms with Gasteiger partial charge in [0.15, 0.2) is 0 Å². The molecule has 0 saturated carbocycles. The fraction of sp³-hybridized carbons (Fsp3) is 0.353. The number of rotatable bonds is 4. The van der Waals surface area contributed by atoms with E-state index in [9.17, 15) is 18.0 Å². The maximum Gasteiger partial charge on any atom is 0.341 e. The second-order valence-corrected chi connectivity index (χ2v) is 7.94. The Labute approximate surface area is 156 Å². The molecule has 0 unspecified atom stereocenters. The van der Waals surface area contributed by atoms with Gasteiger partial charge in [-0.05, 0) is 25.1 Å². The topological polar surface area (TPSA) is 109 Å². The standard InChI is InChI=1S/C17H19N3O6S/c1-11-14(17(22)25-3)8-13(26-11)10-19(2)16(21)12-4-5-15-18-27(23,24)7-6-20(15)9-12/h4-5,8-9H,6-7,10H2,1-3H3. The average molecular weight is 393 g/mol. The highest BCUT2D eigenvalue weighted by molar-refractivity contribution is 7.90. The zero-order valence-corrected chi connectivity index (χ0v) is 15.9. The molecule has 1 aromatic rings. The fourth-order valence-corrected chi connectivity index (χ4v) is 3.76. The van der Waals surface area contributed by atoms with E-state index >= 15 is 0 Å². The first kappa shape index (κ1) is 18.9. The van der Waals surface area contributed by atoms with Crippen molar-refractivity contribution in [1.82, 2.24) is 9.80 Å². The molecule has 0 aliphatic carbocycles. The molecule has 10 heteroatoms. The molecule has 3 rings (SSSR count). The summed E-state index contributed by atoms with van der Waals surface area (Å²) in [5, 5.41) is 0. The first-order valence-corrected chi connectivity index (χ1v) is 9.73. The van der Waals surface area contributed by atoms with Gasteiger partial charge in [-0.1, -0.05) is 0 Å². The van der Waals surface area contributed by atoms with Crippen LogP contribution in [0, 0.1) is 6.92 Å². The molecule has 0 bridgehead atoms. The lowest BCUT2D eigenvalue weighted by atomic mass is 10.1. The summed E-state index contributed by atoms with van der Waals surface area (Å²) < 4.78 is 37.0. The van der Waals surface area contributed by atoms with Gasteiger partial charge in [0.2, 0.25) is 0 Å². The van der Waals surface area contributed by atoms with Crippen molar-refractivity contribution < 1.29 is 27.2 Å². The Kier molecular flexibility index (Phi) is 4.92. The van der Waals surface area contributed by atoms with Gasteiger partial charge in [0.25, 0.3) is 15.9 Å². The molecule has 0 N–H and O–H groups in total. The lowest BCUT2D eigenvalue weighted by Gasteiger charge is -2.28. The molecule has 1 amide bonds. The molecule has 144 valence electrons. The lowest BCUT2D eigenvalue weighted by molar-refractivity contribution is -0.126. The summed E-state index contributed by atoms with van der Waals surface area (Å²) in [6.45, 7) is 2.05. The smallest absolute Gasteiger partial charge is 0.341 e. The molecular formula is C17H19N3O6S. The van der Waals surface area contributed by atoms with Crippen molar-refractivity contribution in [3.05, 3.63) is 47.1 Å². The fourth-order valence-electron chi connectivity index (χ4n) is 2.79. The maximum atomic E-state index is 12.7. The number of ether oxygens (including phenoxy) is 1. The van der Waals surface area contributed by atoms with Crippen LogP contribution in [0.1, 0.15) is 21.9 Å². The number of likely N-dealkylation sites (N-methyl/N-ethyl adjacent to an activating group) is 1. The minimum atomic E-state index is -3.44. The van der Waals surface area contributed by atoms with Gasteiger partial charge in [-0.15, -0.1) is 4.40 Å². The summed E-state index contributed by atoms with van der Waals surface area (Å²) in [5.74, 6) is 0.305. The normalized spacial score (nSPS) is 17.7. The Balaban J connectivity index is 1.73. The van der Waals surface area contributed by atoms with Crippen molar-refractivity contribution in [3.8, 4) is 0 Å². The van der Waals surface area contributed by atoms with Crippen molar-refractivity contribution in [1.29, 1.82) is 0 Å². The minimum Gasteiger partial charge on any atom is -0.465 e. The Bertz CT molecular complexity index is 986. The maximum absolute atomic E-state index is 12.7. The Hall–Kier alpha value is -2.88. The van der Waals surface area contributed by atoms with E-state index in [1.165, 1.54) is 24.2 Å². The molecule has 0 radical (unpaired) electrons. The third-order valence-electron chi connectivity index (χ3n) is 4.18. The molecule has 9 nitrogen and oxygen atoms in total. The monoisotopic (exact) mass is 393 g/mol. The molecule has 0 atom stereocenters. The van der Waals surface area contributed by atoms with Crippen molar-refractivity contribution >= 4 is 27.7 Å². The number of nitrogens with zero attached hydrogens (tertiary/aromatic N) is 3. The van der Waals surface area contributed by atoms with Crippen LogP contribution in [0.25, 0.3) is 0 Å². The van der Waals surface area contributed by atoms with Crippen LogP contribution in [0.5, 0.6) is 0 Å². The SMILES string of the molecule is COC(=O)c1cc(CN(C)C(=O)C2=CN3CCS(=O)(=O)N=C3C=C2)oc1C. The number of esters is 1. The number of hydrogen-bond acceptors (Lipinski definition) is 7. The first-order chi connectivity index (χ1) is 12.7. The second kappa shape index (κ2) is 7.03. The molecule has 1 aromatic heterocycles. The van der Waals surface area contributed by atoms with E-state index in [0.717, 1.165) is 0 Å². The van der Waals surface area contributed by atoms with Crippen molar-refractivity contribution in [3.63, 3.8) is 0 Å². The van der Waals surface area contributed by atoms with Gasteiger partial charge < -0.3 is 19.0 Å². The highest BCUT2D eigenvalue weighted by Crippen LogP contribution is 2.20. The van der Waals surface area contributed by atoms with E-state index in [1.54, 1.807) is 31.1 Å². The quantitative estimate of drug-likeness (QED) is 0.697. The van der Waals surface area contributed by atoms with Gasteiger partial charge in [0.1, 0.15) is 22.9 Å². The van der Waals surface area contributed by atoms with Crippen molar-refractivity contribution in [2.45, 2.75) is 13.5 Å². The second-order valence-electron chi connectivity index (χ2n) is 6.18. The van der Waals surface area contributed by atoms with E-state index in [4.69, 9.17) is 4.42 Å². The lowest BCUT2D eigenvalue weighted by Crippen LogP contribution is -2.38. The van der Waals surface area contributed by atoms with Gasteiger partial charge in [-0.3, -0.25) is 4.79 Å². The molecular weight excluding hydrogens is 374 g/mol. The van der Waals surface area contributed by atoms with E-state index < -0.39 is 16.0 Å². The molecule has 0 spiro atoms. The van der Waals surface area contributed by atoms with Crippen LogP contribution < -0.4 is 0 Å².